The minimum absolute atomic E-state index is 0.215. The van der Waals surface area contributed by atoms with E-state index in [9.17, 15) is 13.2 Å². The van der Waals surface area contributed by atoms with Gasteiger partial charge in [0, 0.05) is 6.54 Å². The maximum Gasteiger partial charge on any atom is 0.264 e. The van der Waals surface area contributed by atoms with Crippen molar-refractivity contribution in [2.24, 2.45) is 0 Å². The Hall–Kier alpha value is -0.660. The molecule has 0 bridgehead atoms. The number of amides is 1. The van der Waals surface area contributed by atoms with Gasteiger partial charge in [0.2, 0.25) is 10.0 Å². The number of hydrogen-bond donors (Lipinski definition) is 0. The van der Waals surface area contributed by atoms with Crippen LogP contribution in [-0.2, 0) is 19.7 Å². The molecule has 0 saturated carbocycles. The molecule has 0 aliphatic carbocycles. The lowest BCUT2D eigenvalue weighted by atomic mass is 10.0. The van der Waals surface area contributed by atoms with Crippen molar-refractivity contribution in [2.45, 2.75) is 31.7 Å². The van der Waals surface area contributed by atoms with E-state index in [4.69, 9.17) is 4.84 Å². The summed E-state index contributed by atoms with van der Waals surface area (Å²) in [7, 11) is -3.32. The van der Waals surface area contributed by atoms with E-state index in [2.05, 4.69) is 0 Å². The van der Waals surface area contributed by atoms with Crippen LogP contribution in [0.4, 0.5) is 0 Å². The molecule has 2 aliphatic heterocycles. The molecule has 0 aromatic rings. The number of rotatable bonds is 2. The molecule has 1 amide bonds. The molecule has 0 spiro atoms. The van der Waals surface area contributed by atoms with Crippen molar-refractivity contribution in [1.82, 2.24) is 9.37 Å². The molecule has 98 valence electrons. The van der Waals surface area contributed by atoms with Crippen LogP contribution in [0.25, 0.3) is 0 Å². The normalized spacial score (nSPS) is 27.4. The molecule has 2 fully saturated rings. The molecule has 2 rings (SSSR count). The number of hydroxylamine groups is 2. The number of carbonyl (C=O) groups excluding carboxylic acids is 1. The van der Waals surface area contributed by atoms with Crippen LogP contribution in [0.3, 0.4) is 0 Å². The van der Waals surface area contributed by atoms with Crippen molar-refractivity contribution in [1.29, 1.82) is 0 Å². The monoisotopic (exact) mass is 262 g/mol. The molecular weight excluding hydrogens is 244 g/mol. The Morgan fingerprint density at radius 2 is 2.00 bits per heavy atom. The topological polar surface area (TPSA) is 66.9 Å². The zero-order chi connectivity index (χ0) is 12.5. The number of sulfonamides is 1. The van der Waals surface area contributed by atoms with Crippen LogP contribution >= 0.6 is 0 Å². The van der Waals surface area contributed by atoms with Crippen molar-refractivity contribution < 1.29 is 18.0 Å². The van der Waals surface area contributed by atoms with Crippen molar-refractivity contribution in [3.8, 4) is 0 Å². The minimum atomic E-state index is -3.32. The third kappa shape index (κ3) is 2.78. The van der Waals surface area contributed by atoms with Crippen LogP contribution in [0, 0.1) is 0 Å². The van der Waals surface area contributed by atoms with E-state index in [1.165, 1.54) is 9.37 Å². The second-order valence-corrected chi connectivity index (χ2v) is 6.45. The molecular formula is C10H18N2O4S. The predicted octanol–water partition coefficient (Wildman–Crippen LogP) is -0.0356. The van der Waals surface area contributed by atoms with E-state index in [0.717, 1.165) is 25.5 Å². The number of carbonyl (C=O) groups is 1. The number of hydrogen-bond acceptors (Lipinski definition) is 4. The summed E-state index contributed by atoms with van der Waals surface area (Å²) in [5.74, 6) is -0.215. The molecule has 2 heterocycles. The number of piperidine rings is 1. The second kappa shape index (κ2) is 4.91. The van der Waals surface area contributed by atoms with E-state index in [-0.39, 0.29) is 5.91 Å². The molecule has 1 unspecified atom stereocenters. The third-order valence-electron chi connectivity index (χ3n) is 3.16. The molecule has 2 saturated heterocycles. The third-order valence-corrected chi connectivity index (χ3v) is 4.45. The second-order valence-electron chi connectivity index (χ2n) is 4.51. The Labute approximate surface area is 102 Å². The van der Waals surface area contributed by atoms with Gasteiger partial charge in [0.25, 0.3) is 5.91 Å². The van der Waals surface area contributed by atoms with Crippen LogP contribution in [0.2, 0.25) is 0 Å². The van der Waals surface area contributed by atoms with Crippen molar-refractivity contribution >= 4 is 15.9 Å². The Kier molecular flexibility index (Phi) is 3.70. The van der Waals surface area contributed by atoms with Gasteiger partial charge in [-0.25, -0.2) is 13.5 Å². The summed E-state index contributed by atoms with van der Waals surface area (Å²) in [6.07, 6.45) is 4.26. The van der Waals surface area contributed by atoms with Crippen LogP contribution in [-0.4, -0.2) is 55.7 Å². The molecule has 2 aliphatic rings. The first-order chi connectivity index (χ1) is 8.00. The Morgan fingerprint density at radius 3 is 2.59 bits per heavy atom. The van der Waals surface area contributed by atoms with Gasteiger partial charge in [-0.2, -0.15) is 4.31 Å². The van der Waals surface area contributed by atoms with Gasteiger partial charge in [-0.15, -0.1) is 0 Å². The van der Waals surface area contributed by atoms with Gasteiger partial charge in [-0.1, -0.05) is 6.42 Å². The first kappa shape index (κ1) is 12.8. The molecule has 1 atom stereocenters. The van der Waals surface area contributed by atoms with Crippen LogP contribution in [0.5, 0.6) is 0 Å². The summed E-state index contributed by atoms with van der Waals surface area (Å²) in [5.41, 5.74) is 0. The quantitative estimate of drug-likeness (QED) is 0.700. The van der Waals surface area contributed by atoms with Crippen molar-refractivity contribution in [2.75, 3.05) is 26.0 Å². The maximum absolute atomic E-state index is 12.2. The maximum atomic E-state index is 12.2. The lowest BCUT2D eigenvalue weighted by Gasteiger charge is -2.34. The minimum Gasteiger partial charge on any atom is -0.271 e. The highest BCUT2D eigenvalue weighted by Gasteiger charge is 2.37. The molecule has 0 aromatic heterocycles. The summed E-state index contributed by atoms with van der Waals surface area (Å²) >= 11 is 0. The molecule has 0 N–H and O–H groups in total. The van der Waals surface area contributed by atoms with Gasteiger partial charge in [-0.3, -0.25) is 9.63 Å². The fraction of sp³-hybridized carbons (Fsp3) is 0.900. The van der Waals surface area contributed by atoms with Gasteiger partial charge in [-0.05, 0) is 19.3 Å². The lowest BCUT2D eigenvalue weighted by Crippen LogP contribution is -2.51. The van der Waals surface area contributed by atoms with E-state index in [1.807, 2.05) is 0 Å². The molecule has 7 heteroatoms. The highest BCUT2D eigenvalue weighted by Crippen LogP contribution is 2.22. The Morgan fingerprint density at radius 1 is 1.24 bits per heavy atom. The highest BCUT2D eigenvalue weighted by atomic mass is 32.2. The van der Waals surface area contributed by atoms with Gasteiger partial charge in [0.15, 0.2) is 0 Å². The average Bonchev–Trinajstić information content (AvgIpc) is 2.80. The summed E-state index contributed by atoms with van der Waals surface area (Å²) in [6, 6.07) is -0.572. The Balaban J connectivity index is 2.13. The zero-order valence-corrected chi connectivity index (χ0v) is 10.8. The standard InChI is InChI=1S/C10H18N2O4S/c1-17(14,15)12-7-3-2-5-9(12)10(13)11-6-4-8-16-11/h9H,2-8H2,1H3. The van der Waals surface area contributed by atoms with Gasteiger partial charge in [0.1, 0.15) is 6.04 Å². The predicted molar refractivity (Wildman–Crippen MR) is 61.5 cm³/mol. The molecule has 17 heavy (non-hydrogen) atoms. The fourth-order valence-corrected chi connectivity index (χ4v) is 3.45. The van der Waals surface area contributed by atoms with Gasteiger partial charge in [0.05, 0.1) is 19.4 Å². The first-order valence-electron chi connectivity index (χ1n) is 5.91. The number of nitrogens with zero attached hydrogens (tertiary/aromatic N) is 2. The van der Waals surface area contributed by atoms with Gasteiger partial charge >= 0.3 is 0 Å². The summed E-state index contributed by atoms with van der Waals surface area (Å²) < 4.78 is 24.6. The smallest absolute Gasteiger partial charge is 0.264 e. The van der Waals surface area contributed by atoms with Crippen LogP contribution in [0.15, 0.2) is 0 Å². The van der Waals surface area contributed by atoms with Gasteiger partial charge < -0.3 is 0 Å². The zero-order valence-electron chi connectivity index (χ0n) is 9.96. The van der Waals surface area contributed by atoms with Crippen molar-refractivity contribution in [3.63, 3.8) is 0 Å². The van der Waals surface area contributed by atoms with Crippen molar-refractivity contribution in [3.05, 3.63) is 0 Å². The average molecular weight is 262 g/mol. The first-order valence-corrected chi connectivity index (χ1v) is 7.76. The summed E-state index contributed by atoms with van der Waals surface area (Å²) in [6.45, 7) is 1.54. The van der Waals surface area contributed by atoms with E-state index in [1.54, 1.807) is 0 Å². The van der Waals surface area contributed by atoms with E-state index >= 15 is 0 Å². The lowest BCUT2D eigenvalue weighted by molar-refractivity contribution is -0.173. The van der Waals surface area contributed by atoms with E-state index < -0.39 is 16.1 Å². The molecule has 6 nitrogen and oxygen atoms in total. The fourth-order valence-electron chi connectivity index (χ4n) is 2.34. The van der Waals surface area contributed by atoms with Crippen LogP contribution in [0.1, 0.15) is 25.7 Å². The largest absolute Gasteiger partial charge is 0.271 e. The SMILES string of the molecule is CS(=O)(=O)N1CCCCC1C(=O)N1CCCO1. The molecule has 0 radical (unpaired) electrons. The molecule has 0 aromatic carbocycles. The Bertz CT molecular complexity index is 389. The van der Waals surface area contributed by atoms with Crippen LogP contribution < -0.4 is 0 Å². The summed E-state index contributed by atoms with van der Waals surface area (Å²) in [4.78, 5) is 17.3. The summed E-state index contributed by atoms with van der Waals surface area (Å²) in [5, 5.41) is 1.31. The highest BCUT2D eigenvalue weighted by molar-refractivity contribution is 7.88. The van der Waals surface area contributed by atoms with E-state index in [0.29, 0.717) is 26.1 Å².